The van der Waals surface area contributed by atoms with Crippen LogP contribution in [0.3, 0.4) is 0 Å². The highest BCUT2D eigenvalue weighted by atomic mass is 19.1. The molecule has 0 aromatic rings. The lowest BCUT2D eigenvalue weighted by molar-refractivity contribution is -0.139. The second-order valence-corrected chi connectivity index (χ2v) is 6.99. The van der Waals surface area contributed by atoms with Crippen molar-refractivity contribution in [3.63, 3.8) is 0 Å². The van der Waals surface area contributed by atoms with Crippen molar-refractivity contribution < 1.29 is 9.18 Å². The maximum atomic E-state index is 13.8. The lowest BCUT2D eigenvalue weighted by Crippen LogP contribution is -2.46. The van der Waals surface area contributed by atoms with Gasteiger partial charge in [0.1, 0.15) is 0 Å². The Hall–Kier alpha value is -0.600. The molecule has 0 spiro atoms. The molecule has 0 N–H and O–H groups in total. The molecule has 0 bridgehead atoms. The van der Waals surface area contributed by atoms with Crippen molar-refractivity contribution in [2.45, 2.75) is 72.5 Å². The van der Waals surface area contributed by atoms with Gasteiger partial charge in [-0.2, -0.15) is 0 Å². The molecule has 102 valence electrons. The molecule has 0 fully saturated rings. The SMILES string of the molecule is CN(C(=O)C(F)CCCC(C)(C)C)C(C)(C)C. The van der Waals surface area contributed by atoms with Crippen molar-refractivity contribution in [1.29, 1.82) is 0 Å². The first-order chi connectivity index (χ1) is 7.45. The average molecular weight is 245 g/mol. The quantitative estimate of drug-likeness (QED) is 0.737. The summed E-state index contributed by atoms with van der Waals surface area (Å²) in [5, 5.41) is 0. The van der Waals surface area contributed by atoms with Gasteiger partial charge < -0.3 is 4.90 Å². The van der Waals surface area contributed by atoms with E-state index in [0.29, 0.717) is 6.42 Å². The van der Waals surface area contributed by atoms with Crippen LogP contribution in [0.25, 0.3) is 0 Å². The van der Waals surface area contributed by atoms with E-state index in [1.807, 2.05) is 20.8 Å². The number of carbonyl (C=O) groups is 1. The molecule has 1 amide bonds. The molecular formula is C14H28FNO. The minimum Gasteiger partial charge on any atom is -0.338 e. The van der Waals surface area contributed by atoms with E-state index in [0.717, 1.165) is 12.8 Å². The van der Waals surface area contributed by atoms with Crippen LogP contribution in [-0.2, 0) is 4.79 Å². The van der Waals surface area contributed by atoms with Crippen LogP contribution in [0, 0.1) is 5.41 Å². The molecule has 1 atom stereocenters. The first-order valence-electron chi connectivity index (χ1n) is 6.37. The Morgan fingerprint density at radius 1 is 1.18 bits per heavy atom. The lowest BCUT2D eigenvalue weighted by atomic mass is 9.89. The highest BCUT2D eigenvalue weighted by Gasteiger charge is 2.28. The van der Waals surface area contributed by atoms with E-state index < -0.39 is 12.1 Å². The third-order valence-corrected chi connectivity index (χ3v) is 2.99. The summed E-state index contributed by atoms with van der Waals surface area (Å²) in [6, 6.07) is 0. The zero-order chi connectivity index (χ0) is 13.9. The van der Waals surface area contributed by atoms with Crippen LogP contribution < -0.4 is 0 Å². The van der Waals surface area contributed by atoms with E-state index in [2.05, 4.69) is 20.8 Å². The molecule has 0 aromatic carbocycles. The molecule has 0 heterocycles. The van der Waals surface area contributed by atoms with Crippen molar-refractivity contribution in [3.05, 3.63) is 0 Å². The van der Waals surface area contributed by atoms with Gasteiger partial charge in [0.15, 0.2) is 6.17 Å². The van der Waals surface area contributed by atoms with E-state index in [-0.39, 0.29) is 11.0 Å². The number of rotatable bonds is 4. The van der Waals surface area contributed by atoms with Crippen LogP contribution in [0.1, 0.15) is 60.8 Å². The molecule has 0 aromatic heterocycles. The van der Waals surface area contributed by atoms with Gasteiger partial charge in [-0.25, -0.2) is 4.39 Å². The summed E-state index contributed by atoms with van der Waals surface area (Å²) in [5.41, 5.74) is -0.107. The Bertz CT molecular complexity index is 250. The Morgan fingerprint density at radius 2 is 1.65 bits per heavy atom. The average Bonchev–Trinajstić information content (AvgIpc) is 2.11. The maximum absolute atomic E-state index is 13.8. The molecule has 2 nitrogen and oxygen atoms in total. The Labute approximate surface area is 106 Å². The number of carbonyl (C=O) groups excluding carboxylic acids is 1. The van der Waals surface area contributed by atoms with Crippen molar-refractivity contribution in [2.24, 2.45) is 5.41 Å². The van der Waals surface area contributed by atoms with Gasteiger partial charge in [0.25, 0.3) is 5.91 Å². The molecule has 0 aliphatic heterocycles. The van der Waals surface area contributed by atoms with Gasteiger partial charge in [0.2, 0.25) is 0 Å². The van der Waals surface area contributed by atoms with Gasteiger partial charge in [-0.05, 0) is 45.4 Å². The van der Waals surface area contributed by atoms with E-state index in [1.54, 1.807) is 7.05 Å². The molecule has 0 radical (unpaired) electrons. The summed E-state index contributed by atoms with van der Waals surface area (Å²) in [4.78, 5) is 13.3. The van der Waals surface area contributed by atoms with Gasteiger partial charge in [-0.3, -0.25) is 4.79 Å². The van der Waals surface area contributed by atoms with Gasteiger partial charge in [-0.1, -0.05) is 20.8 Å². The van der Waals surface area contributed by atoms with Crippen LogP contribution >= 0.6 is 0 Å². The largest absolute Gasteiger partial charge is 0.338 e. The van der Waals surface area contributed by atoms with Crippen LogP contribution in [0.4, 0.5) is 4.39 Å². The zero-order valence-corrected chi connectivity index (χ0v) is 12.4. The van der Waals surface area contributed by atoms with Crippen LogP contribution in [0.2, 0.25) is 0 Å². The summed E-state index contributed by atoms with van der Waals surface area (Å²) < 4.78 is 13.8. The molecule has 0 aliphatic rings. The Morgan fingerprint density at radius 3 is 2.00 bits per heavy atom. The topological polar surface area (TPSA) is 20.3 Å². The van der Waals surface area contributed by atoms with Crippen molar-refractivity contribution in [3.8, 4) is 0 Å². The molecule has 1 unspecified atom stereocenters. The lowest BCUT2D eigenvalue weighted by Gasteiger charge is -2.33. The molecule has 17 heavy (non-hydrogen) atoms. The molecule has 3 heteroatoms. The highest BCUT2D eigenvalue weighted by Crippen LogP contribution is 2.23. The zero-order valence-electron chi connectivity index (χ0n) is 12.4. The predicted octanol–water partition coefficient (Wildman–Crippen LogP) is 3.80. The second kappa shape index (κ2) is 5.83. The Kier molecular flexibility index (Phi) is 5.63. The fraction of sp³-hybridized carbons (Fsp3) is 0.929. The van der Waals surface area contributed by atoms with Crippen molar-refractivity contribution >= 4 is 5.91 Å². The minimum absolute atomic E-state index is 0.207. The third kappa shape index (κ3) is 6.64. The standard InChI is InChI=1S/C14H28FNO/c1-13(2,3)10-8-9-11(15)12(17)16(7)14(4,5)6/h11H,8-10H2,1-7H3. The van der Waals surface area contributed by atoms with E-state index in [4.69, 9.17) is 0 Å². The number of halogens is 1. The molecule has 0 saturated heterocycles. The van der Waals surface area contributed by atoms with E-state index in [9.17, 15) is 9.18 Å². The van der Waals surface area contributed by atoms with Gasteiger partial charge in [0, 0.05) is 12.6 Å². The van der Waals surface area contributed by atoms with Crippen LogP contribution in [-0.4, -0.2) is 29.6 Å². The molecule has 0 saturated carbocycles. The molecule has 0 aliphatic carbocycles. The predicted molar refractivity (Wildman–Crippen MR) is 70.7 cm³/mol. The Balaban J connectivity index is 4.16. The van der Waals surface area contributed by atoms with E-state index in [1.165, 1.54) is 4.90 Å². The minimum atomic E-state index is -1.36. The van der Waals surface area contributed by atoms with Gasteiger partial charge >= 0.3 is 0 Å². The van der Waals surface area contributed by atoms with Crippen molar-refractivity contribution in [1.82, 2.24) is 4.90 Å². The van der Waals surface area contributed by atoms with E-state index >= 15 is 0 Å². The summed E-state index contributed by atoms with van der Waals surface area (Å²) >= 11 is 0. The highest BCUT2D eigenvalue weighted by molar-refractivity contribution is 5.81. The number of hydrogen-bond donors (Lipinski definition) is 0. The van der Waals surface area contributed by atoms with Gasteiger partial charge in [-0.15, -0.1) is 0 Å². The smallest absolute Gasteiger partial charge is 0.257 e. The monoisotopic (exact) mass is 245 g/mol. The van der Waals surface area contributed by atoms with Gasteiger partial charge in [0.05, 0.1) is 0 Å². The molecule has 0 rings (SSSR count). The summed E-state index contributed by atoms with van der Waals surface area (Å²) in [7, 11) is 1.67. The first kappa shape index (κ1) is 16.4. The van der Waals surface area contributed by atoms with Crippen LogP contribution in [0.15, 0.2) is 0 Å². The number of hydrogen-bond acceptors (Lipinski definition) is 1. The van der Waals surface area contributed by atoms with Crippen LogP contribution in [0.5, 0.6) is 0 Å². The normalized spacial score (nSPS) is 14.6. The first-order valence-corrected chi connectivity index (χ1v) is 6.37. The third-order valence-electron chi connectivity index (χ3n) is 2.99. The summed E-state index contributed by atoms with van der Waals surface area (Å²) in [6.07, 6.45) is 0.673. The number of amides is 1. The molecular weight excluding hydrogens is 217 g/mol. The fourth-order valence-corrected chi connectivity index (χ4v) is 1.48. The summed E-state index contributed by atoms with van der Waals surface area (Å²) in [5.74, 6) is -0.397. The second-order valence-electron chi connectivity index (χ2n) is 6.99. The maximum Gasteiger partial charge on any atom is 0.257 e. The summed E-state index contributed by atoms with van der Waals surface area (Å²) in [6.45, 7) is 12.1. The van der Waals surface area contributed by atoms with Crippen molar-refractivity contribution in [2.75, 3.05) is 7.05 Å². The number of nitrogens with zero attached hydrogens (tertiary/aromatic N) is 1. The fourth-order valence-electron chi connectivity index (χ4n) is 1.48. The number of alkyl halides is 1.